The van der Waals surface area contributed by atoms with Crippen molar-refractivity contribution in [1.82, 2.24) is 4.31 Å². The van der Waals surface area contributed by atoms with Crippen LogP contribution in [0.5, 0.6) is 0 Å². The highest BCUT2D eigenvalue weighted by Crippen LogP contribution is 2.23. The highest BCUT2D eigenvalue weighted by molar-refractivity contribution is 7.89. The van der Waals surface area contributed by atoms with E-state index >= 15 is 0 Å². The maximum Gasteiger partial charge on any atom is 0.255 e. The Bertz CT molecular complexity index is 999. The van der Waals surface area contributed by atoms with Crippen molar-refractivity contribution in [1.29, 1.82) is 0 Å². The van der Waals surface area contributed by atoms with Gasteiger partial charge in [-0.15, -0.1) is 0 Å². The van der Waals surface area contributed by atoms with Gasteiger partial charge in [0.05, 0.1) is 4.90 Å². The standard InChI is InChI=1S/C21H25N3O4S/c1-3-23(4-2)29(27,28)19-12-10-17(11-13-19)22-21(26)16-7-5-8-18(15-16)24-14-6-9-20(24)25/h5,7-8,10-13,15H,3-4,6,9,14H2,1-2H3,(H,22,26). The lowest BCUT2D eigenvalue weighted by atomic mass is 10.1. The molecular weight excluding hydrogens is 390 g/mol. The molecule has 1 heterocycles. The van der Waals surface area contributed by atoms with Crippen LogP contribution >= 0.6 is 0 Å². The number of nitrogens with zero attached hydrogens (tertiary/aromatic N) is 2. The summed E-state index contributed by atoms with van der Waals surface area (Å²) in [5.74, 6) is -0.259. The number of amides is 2. The first-order valence-corrected chi connectivity index (χ1v) is 11.1. The van der Waals surface area contributed by atoms with Gasteiger partial charge in [-0.25, -0.2) is 8.42 Å². The van der Waals surface area contributed by atoms with Crippen LogP contribution in [0.3, 0.4) is 0 Å². The molecule has 0 unspecified atom stereocenters. The zero-order valence-electron chi connectivity index (χ0n) is 16.6. The summed E-state index contributed by atoms with van der Waals surface area (Å²) in [7, 11) is -3.54. The summed E-state index contributed by atoms with van der Waals surface area (Å²) in [6.45, 7) is 5.03. The molecule has 8 heteroatoms. The second kappa shape index (κ2) is 8.75. The molecule has 0 atom stereocenters. The second-order valence-corrected chi connectivity index (χ2v) is 8.71. The van der Waals surface area contributed by atoms with Gasteiger partial charge in [0.15, 0.2) is 0 Å². The van der Waals surface area contributed by atoms with E-state index in [2.05, 4.69) is 5.32 Å². The van der Waals surface area contributed by atoms with Gasteiger partial charge in [0.1, 0.15) is 0 Å². The summed E-state index contributed by atoms with van der Waals surface area (Å²) in [6, 6.07) is 13.0. The molecule has 154 valence electrons. The van der Waals surface area contributed by atoms with Crippen LogP contribution in [0.15, 0.2) is 53.4 Å². The van der Waals surface area contributed by atoms with Crippen LogP contribution in [0.1, 0.15) is 37.0 Å². The van der Waals surface area contributed by atoms with Gasteiger partial charge < -0.3 is 10.2 Å². The molecule has 1 fully saturated rings. The fourth-order valence-corrected chi connectivity index (χ4v) is 4.82. The summed E-state index contributed by atoms with van der Waals surface area (Å²) in [6.07, 6.45) is 1.34. The van der Waals surface area contributed by atoms with Crippen LogP contribution < -0.4 is 10.2 Å². The van der Waals surface area contributed by atoms with Crippen LogP contribution in [0.2, 0.25) is 0 Å². The summed E-state index contributed by atoms with van der Waals surface area (Å²) >= 11 is 0. The normalized spacial score (nSPS) is 14.4. The van der Waals surface area contributed by atoms with Crippen molar-refractivity contribution in [2.24, 2.45) is 0 Å². The molecule has 1 aliphatic rings. The van der Waals surface area contributed by atoms with E-state index in [1.165, 1.54) is 16.4 Å². The lowest BCUT2D eigenvalue weighted by Crippen LogP contribution is -2.30. The Morgan fingerprint density at radius 1 is 1.10 bits per heavy atom. The Kier molecular flexibility index (Phi) is 6.34. The van der Waals surface area contributed by atoms with Crippen molar-refractivity contribution in [2.45, 2.75) is 31.6 Å². The van der Waals surface area contributed by atoms with E-state index in [1.54, 1.807) is 49.1 Å². The average molecular weight is 416 g/mol. The molecule has 7 nitrogen and oxygen atoms in total. The van der Waals surface area contributed by atoms with Crippen molar-refractivity contribution in [3.05, 3.63) is 54.1 Å². The molecule has 0 aliphatic carbocycles. The molecule has 0 radical (unpaired) electrons. The Morgan fingerprint density at radius 2 is 1.79 bits per heavy atom. The number of benzene rings is 2. The SMILES string of the molecule is CCN(CC)S(=O)(=O)c1ccc(NC(=O)c2cccc(N3CCCC3=O)c2)cc1. The first kappa shape index (κ1) is 21.0. The fourth-order valence-electron chi connectivity index (χ4n) is 3.36. The zero-order chi connectivity index (χ0) is 21.0. The number of anilines is 2. The van der Waals surface area contributed by atoms with Crippen LogP contribution in [0, 0.1) is 0 Å². The van der Waals surface area contributed by atoms with Gasteiger partial charge in [-0.1, -0.05) is 19.9 Å². The molecule has 2 aromatic carbocycles. The van der Waals surface area contributed by atoms with E-state index in [-0.39, 0.29) is 16.7 Å². The molecule has 2 aromatic rings. The minimum Gasteiger partial charge on any atom is -0.322 e. The fraction of sp³-hybridized carbons (Fsp3) is 0.333. The number of sulfonamides is 1. The molecule has 0 spiro atoms. The van der Waals surface area contributed by atoms with Gasteiger partial charge in [-0.2, -0.15) is 4.31 Å². The minimum atomic E-state index is -3.54. The predicted octanol–water partition coefficient (Wildman–Crippen LogP) is 3.10. The molecule has 0 aromatic heterocycles. The van der Waals surface area contributed by atoms with E-state index in [0.29, 0.717) is 43.0 Å². The third-order valence-electron chi connectivity index (χ3n) is 4.95. The lowest BCUT2D eigenvalue weighted by molar-refractivity contribution is -0.117. The number of carbonyl (C=O) groups is 2. The van der Waals surface area contributed by atoms with Gasteiger partial charge in [-0.3, -0.25) is 9.59 Å². The van der Waals surface area contributed by atoms with E-state index in [4.69, 9.17) is 0 Å². The topological polar surface area (TPSA) is 86.8 Å². The highest BCUT2D eigenvalue weighted by Gasteiger charge is 2.23. The average Bonchev–Trinajstić information content (AvgIpc) is 3.15. The second-order valence-electron chi connectivity index (χ2n) is 6.77. The van der Waals surface area contributed by atoms with Gasteiger partial charge >= 0.3 is 0 Å². The number of hydrogen-bond acceptors (Lipinski definition) is 4. The van der Waals surface area contributed by atoms with Crippen molar-refractivity contribution < 1.29 is 18.0 Å². The van der Waals surface area contributed by atoms with Crippen molar-refractivity contribution in [3.8, 4) is 0 Å². The van der Waals surface area contributed by atoms with Crippen LogP contribution in [-0.4, -0.2) is 44.2 Å². The third kappa shape index (κ3) is 4.49. The molecule has 1 N–H and O–H groups in total. The first-order valence-electron chi connectivity index (χ1n) is 9.68. The molecule has 1 aliphatic heterocycles. The molecule has 0 bridgehead atoms. The quantitative estimate of drug-likeness (QED) is 0.753. The molecule has 2 amide bonds. The third-order valence-corrected chi connectivity index (χ3v) is 7.01. The van der Waals surface area contributed by atoms with Crippen LogP contribution in [0.25, 0.3) is 0 Å². The summed E-state index contributed by atoms with van der Waals surface area (Å²) in [4.78, 5) is 26.4. The highest BCUT2D eigenvalue weighted by atomic mass is 32.2. The molecule has 1 saturated heterocycles. The van der Waals surface area contributed by atoms with Crippen molar-refractivity contribution >= 4 is 33.2 Å². The van der Waals surface area contributed by atoms with Gasteiger partial charge in [0.2, 0.25) is 15.9 Å². The van der Waals surface area contributed by atoms with Crippen LogP contribution in [0.4, 0.5) is 11.4 Å². The number of rotatable bonds is 7. The van der Waals surface area contributed by atoms with Gasteiger partial charge in [0.25, 0.3) is 5.91 Å². The molecule has 3 rings (SSSR count). The maximum absolute atomic E-state index is 12.6. The smallest absolute Gasteiger partial charge is 0.255 e. The van der Waals surface area contributed by atoms with Crippen LogP contribution in [-0.2, 0) is 14.8 Å². The summed E-state index contributed by atoms with van der Waals surface area (Å²) in [5.41, 5.74) is 1.64. The largest absolute Gasteiger partial charge is 0.322 e. The minimum absolute atomic E-state index is 0.0626. The lowest BCUT2D eigenvalue weighted by Gasteiger charge is -2.18. The Morgan fingerprint density at radius 3 is 2.38 bits per heavy atom. The summed E-state index contributed by atoms with van der Waals surface area (Å²) < 4.78 is 26.5. The van der Waals surface area contributed by atoms with E-state index in [0.717, 1.165) is 6.42 Å². The van der Waals surface area contributed by atoms with E-state index in [1.807, 2.05) is 6.07 Å². The van der Waals surface area contributed by atoms with Crippen molar-refractivity contribution in [3.63, 3.8) is 0 Å². The Hall–Kier alpha value is -2.71. The number of carbonyl (C=O) groups excluding carboxylic acids is 2. The Balaban J connectivity index is 1.74. The summed E-state index contributed by atoms with van der Waals surface area (Å²) in [5, 5.41) is 2.77. The van der Waals surface area contributed by atoms with Gasteiger partial charge in [0, 0.05) is 43.0 Å². The molecule has 29 heavy (non-hydrogen) atoms. The number of nitrogens with one attached hydrogen (secondary N) is 1. The molecular formula is C21H25N3O4S. The van der Waals surface area contributed by atoms with E-state index < -0.39 is 10.0 Å². The first-order chi connectivity index (χ1) is 13.9. The zero-order valence-corrected chi connectivity index (χ0v) is 17.4. The Labute approximate surface area is 171 Å². The monoisotopic (exact) mass is 415 g/mol. The maximum atomic E-state index is 12.6. The van der Waals surface area contributed by atoms with Gasteiger partial charge in [-0.05, 0) is 48.9 Å². The number of hydrogen-bond donors (Lipinski definition) is 1. The molecule has 0 saturated carbocycles. The van der Waals surface area contributed by atoms with E-state index in [9.17, 15) is 18.0 Å². The van der Waals surface area contributed by atoms with Crippen molar-refractivity contribution in [2.75, 3.05) is 29.9 Å². The predicted molar refractivity (Wildman–Crippen MR) is 113 cm³/mol.